The van der Waals surface area contributed by atoms with Crippen LogP contribution in [0.25, 0.3) is 11.5 Å². The lowest BCUT2D eigenvalue weighted by atomic mass is 10.1. The Bertz CT molecular complexity index is 896. The molecule has 1 aromatic heterocycles. The summed E-state index contributed by atoms with van der Waals surface area (Å²) in [4.78, 5) is 12.1. The third-order valence-corrected chi connectivity index (χ3v) is 4.67. The van der Waals surface area contributed by atoms with Gasteiger partial charge in [0.15, 0.2) is 0 Å². The number of thioether (sulfide) groups is 1. The first-order valence-electron chi connectivity index (χ1n) is 8.10. The Labute approximate surface area is 155 Å². The molecule has 0 unspecified atom stereocenters. The molecule has 1 atom stereocenters. The van der Waals surface area contributed by atoms with Gasteiger partial charge in [-0.25, -0.2) is 4.39 Å². The second-order valence-electron chi connectivity index (χ2n) is 5.82. The summed E-state index contributed by atoms with van der Waals surface area (Å²) in [5.74, 6) is 0.123. The van der Waals surface area contributed by atoms with Crippen LogP contribution in [0.3, 0.4) is 0 Å². The van der Waals surface area contributed by atoms with E-state index in [-0.39, 0.29) is 23.5 Å². The number of carbonyl (C=O) groups is 1. The normalized spacial score (nSPS) is 12.0. The van der Waals surface area contributed by atoms with E-state index in [9.17, 15) is 9.18 Å². The van der Waals surface area contributed by atoms with Gasteiger partial charge in [0, 0.05) is 5.56 Å². The number of nitrogens with one attached hydrogen (secondary N) is 1. The number of halogens is 1. The van der Waals surface area contributed by atoms with E-state index in [1.807, 2.05) is 38.1 Å². The maximum atomic E-state index is 13.0. The van der Waals surface area contributed by atoms with Crippen LogP contribution in [0.15, 0.2) is 58.2 Å². The molecule has 3 aromatic rings. The Morgan fingerprint density at radius 3 is 2.65 bits per heavy atom. The molecule has 7 heteroatoms. The maximum absolute atomic E-state index is 13.0. The molecule has 1 amide bonds. The van der Waals surface area contributed by atoms with Crippen LogP contribution in [0.5, 0.6) is 0 Å². The minimum absolute atomic E-state index is 0.154. The van der Waals surface area contributed by atoms with Crippen molar-refractivity contribution >= 4 is 17.7 Å². The average Bonchev–Trinajstić information content (AvgIpc) is 3.09. The summed E-state index contributed by atoms with van der Waals surface area (Å²) >= 11 is 1.18. The summed E-state index contributed by atoms with van der Waals surface area (Å²) in [6.45, 7) is 3.81. The largest absolute Gasteiger partial charge is 0.411 e. The first kappa shape index (κ1) is 18.1. The Hall–Kier alpha value is -2.67. The number of hydrogen-bond acceptors (Lipinski definition) is 5. The zero-order chi connectivity index (χ0) is 18.5. The summed E-state index contributed by atoms with van der Waals surface area (Å²) in [7, 11) is 0. The smallest absolute Gasteiger partial charge is 0.277 e. The van der Waals surface area contributed by atoms with E-state index in [1.165, 1.54) is 23.9 Å². The van der Waals surface area contributed by atoms with E-state index in [4.69, 9.17) is 4.42 Å². The summed E-state index contributed by atoms with van der Waals surface area (Å²) in [6, 6.07) is 13.6. The highest BCUT2D eigenvalue weighted by Crippen LogP contribution is 2.25. The SMILES string of the molecule is Cc1ccccc1-c1nnc(SCC(=O)N[C@@H](C)c2ccc(F)cc2)o1. The summed E-state index contributed by atoms with van der Waals surface area (Å²) in [6.07, 6.45) is 0. The molecule has 0 spiro atoms. The van der Waals surface area contributed by atoms with Crippen molar-refractivity contribution in [2.75, 3.05) is 5.75 Å². The first-order valence-corrected chi connectivity index (χ1v) is 9.08. The van der Waals surface area contributed by atoms with Crippen LogP contribution < -0.4 is 5.32 Å². The van der Waals surface area contributed by atoms with E-state index in [2.05, 4.69) is 15.5 Å². The van der Waals surface area contributed by atoms with Crippen molar-refractivity contribution in [1.82, 2.24) is 15.5 Å². The van der Waals surface area contributed by atoms with Gasteiger partial charge >= 0.3 is 0 Å². The Balaban J connectivity index is 1.55. The quantitative estimate of drug-likeness (QED) is 0.659. The number of aromatic nitrogens is 2. The van der Waals surface area contributed by atoms with Gasteiger partial charge in [-0.2, -0.15) is 0 Å². The molecule has 0 fully saturated rings. The summed E-state index contributed by atoms with van der Waals surface area (Å²) in [5, 5.41) is 11.2. The molecule has 0 radical (unpaired) electrons. The van der Waals surface area contributed by atoms with Gasteiger partial charge in [0.05, 0.1) is 11.8 Å². The van der Waals surface area contributed by atoms with Gasteiger partial charge in [-0.15, -0.1) is 10.2 Å². The number of nitrogens with zero attached hydrogens (tertiary/aromatic N) is 2. The van der Waals surface area contributed by atoms with Crippen molar-refractivity contribution in [3.8, 4) is 11.5 Å². The summed E-state index contributed by atoms with van der Waals surface area (Å²) < 4.78 is 18.6. The molecule has 1 N–H and O–H groups in total. The molecule has 0 saturated carbocycles. The van der Waals surface area contributed by atoms with Gasteiger partial charge in [-0.05, 0) is 43.2 Å². The molecule has 26 heavy (non-hydrogen) atoms. The van der Waals surface area contributed by atoms with Crippen LogP contribution in [-0.2, 0) is 4.79 Å². The van der Waals surface area contributed by atoms with Crippen LogP contribution in [0.2, 0.25) is 0 Å². The number of amides is 1. The van der Waals surface area contributed by atoms with E-state index >= 15 is 0 Å². The highest BCUT2D eigenvalue weighted by atomic mass is 32.2. The molecule has 1 heterocycles. The topological polar surface area (TPSA) is 68.0 Å². The van der Waals surface area contributed by atoms with Crippen LogP contribution in [-0.4, -0.2) is 21.9 Å². The van der Waals surface area contributed by atoms with Gasteiger partial charge in [0.25, 0.3) is 5.22 Å². The van der Waals surface area contributed by atoms with Crippen LogP contribution in [0, 0.1) is 12.7 Å². The lowest BCUT2D eigenvalue weighted by Crippen LogP contribution is -2.28. The fraction of sp³-hybridized carbons (Fsp3) is 0.211. The fourth-order valence-corrected chi connectivity index (χ4v) is 3.01. The Morgan fingerprint density at radius 2 is 1.92 bits per heavy atom. The number of aryl methyl sites for hydroxylation is 1. The fourth-order valence-electron chi connectivity index (χ4n) is 2.44. The van der Waals surface area contributed by atoms with Crippen molar-refractivity contribution in [2.24, 2.45) is 0 Å². The van der Waals surface area contributed by atoms with Crippen molar-refractivity contribution in [1.29, 1.82) is 0 Å². The first-order chi connectivity index (χ1) is 12.5. The minimum Gasteiger partial charge on any atom is -0.411 e. The second kappa shape index (κ2) is 8.14. The number of hydrogen-bond donors (Lipinski definition) is 1. The molecule has 0 bridgehead atoms. The number of carbonyl (C=O) groups excluding carboxylic acids is 1. The van der Waals surface area contributed by atoms with Gasteiger partial charge in [0.2, 0.25) is 11.8 Å². The van der Waals surface area contributed by atoms with Gasteiger partial charge < -0.3 is 9.73 Å². The van der Waals surface area contributed by atoms with Crippen molar-refractivity contribution < 1.29 is 13.6 Å². The molecule has 0 aliphatic heterocycles. The third-order valence-electron chi connectivity index (χ3n) is 3.86. The third kappa shape index (κ3) is 4.49. The molecular formula is C19H18FN3O2S. The van der Waals surface area contributed by atoms with Crippen LogP contribution in [0.1, 0.15) is 24.1 Å². The van der Waals surface area contributed by atoms with E-state index < -0.39 is 0 Å². The second-order valence-corrected chi connectivity index (χ2v) is 6.74. The Kier molecular flexibility index (Phi) is 5.68. The maximum Gasteiger partial charge on any atom is 0.277 e. The summed E-state index contributed by atoms with van der Waals surface area (Å²) in [5.41, 5.74) is 2.75. The van der Waals surface area contributed by atoms with Gasteiger partial charge in [-0.3, -0.25) is 4.79 Å². The predicted octanol–water partition coefficient (Wildman–Crippen LogP) is 4.15. The number of benzene rings is 2. The van der Waals surface area contributed by atoms with Gasteiger partial charge in [0.1, 0.15) is 5.82 Å². The standard InChI is InChI=1S/C19H18FN3O2S/c1-12-5-3-4-6-16(12)18-22-23-19(25-18)26-11-17(24)21-13(2)14-7-9-15(20)10-8-14/h3-10,13H,11H2,1-2H3,(H,21,24)/t13-/m0/s1. The molecule has 0 aliphatic rings. The van der Waals surface area contributed by atoms with Crippen LogP contribution in [0.4, 0.5) is 4.39 Å². The molecular weight excluding hydrogens is 353 g/mol. The zero-order valence-electron chi connectivity index (χ0n) is 14.4. The highest BCUT2D eigenvalue weighted by molar-refractivity contribution is 7.99. The predicted molar refractivity (Wildman–Crippen MR) is 98.2 cm³/mol. The Morgan fingerprint density at radius 1 is 1.19 bits per heavy atom. The molecule has 0 aliphatic carbocycles. The molecule has 0 saturated heterocycles. The average molecular weight is 371 g/mol. The van der Waals surface area contributed by atoms with Crippen molar-refractivity contribution in [2.45, 2.75) is 25.1 Å². The molecule has 134 valence electrons. The van der Waals surface area contributed by atoms with Gasteiger partial charge in [-0.1, -0.05) is 42.1 Å². The lowest BCUT2D eigenvalue weighted by molar-refractivity contribution is -0.119. The van der Waals surface area contributed by atoms with E-state index in [1.54, 1.807) is 12.1 Å². The lowest BCUT2D eigenvalue weighted by Gasteiger charge is -2.13. The zero-order valence-corrected chi connectivity index (χ0v) is 15.2. The van der Waals surface area contributed by atoms with Crippen molar-refractivity contribution in [3.63, 3.8) is 0 Å². The van der Waals surface area contributed by atoms with Crippen LogP contribution >= 0.6 is 11.8 Å². The molecule has 2 aromatic carbocycles. The molecule has 5 nitrogen and oxygen atoms in total. The van der Waals surface area contributed by atoms with E-state index in [0.29, 0.717) is 11.1 Å². The van der Waals surface area contributed by atoms with Crippen molar-refractivity contribution in [3.05, 3.63) is 65.5 Å². The molecule has 3 rings (SSSR count). The van der Waals surface area contributed by atoms with E-state index in [0.717, 1.165) is 16.7 Å². The monoisotopic (exact) mass is 371 g/mol. The minimum atomic E-state index is -0.302. The number of rotatable bonds is 6. The highest BCUT2D eigenvalue weighted by Gasteiger charge is 2.14.